The Hall–Kier alpha value is -1.43. The molecule has 0 bridgehead atoms. The summed E-state index contributed by atoms with van der Waals surface area (Å²) < 4.78 is 9.23. The summed E-state index contributed by atoms with van der Waals surface area (Å²) in [7, 11) is 0. The summed E-state index contributed by atoms with van der Waals surface area (Å²) in [6, 6.07) is 10.4. The second kappa shape index (κ2) is 5.40. The molecule has 3 aromatic rings. The molecule has 1 aromatic carbocycles. The minimum atomic E-state index is 0.0166. The van der Waals surface area contributed by atoms with Gasteiger partial charge in [0, 0.05) is 27.9 Å². The first-order chi connectivity index (χ1) is 10.3. The standard InChI is InChI=1S/C16H15NO2S2/c18-16(17-9-10-4-3-7-19-10)14-8-13-15(21-14)11-5-1-2-6-12(11)20-13/h1-2,5-6,8,10H,3-4,7,9H2,(H,17,18)/t10-/m0/s1. The Bertz CT molecular complexity index is 799. The molecule has 1 amide bonds. The van der Waals surface area contributed by atoms with Gasteiger partial charge in [0.15, 0.2) is 0 Å². The lowest BCUT2D eigenvalue weighted by Crippen LogP contribution is -2.31. The molecule has 1 N–H and O–H groups in total. The van der Waals surface area contributed by atoms with E-state index < -0.39 is 0 Å². The molecule has 108 valence electrons. The molecule has 1 aliphatic rings. The van der Waals surface area contributed by atoms with Gasteiger partial charge in [0.25, 0.3) is 5.91 Å². The van der Waals surface area contributed by atoms with Crippen LogP contribution in [0.5, 0.6) is 0 Å². The van der Waals surface area contributed by atoms with Crippen molar-refractivity contribution >= 4 is 48.1 Å². The lowest BCUT2D eigenvalue weighted by molar-refractivity contribution is 0.0861. The largest absolute Gasteiger partial charge is 0.376 e. The predicted octanol–water partition coefficient (Wildman–Crippen LogP) is 4.02. The average molecular weight is 317 g/mol. The summed E-state index contributed by atoms with van der Waals surface area (Å²) in [5.41, 5.74) is 0. The molecule has 1 atom stereocenters. The van der Waals surface area contributed by atoms with Gasteiger partial charge in [-0.05, 0) is 25.0 Å². The summed E-state index contributed by atoms with van der Waals surface area (Å²) in [5.74, 6) is 0.0166. The number of hydrogen-bond donors (Lipinski definition) is 1. The smallest absolute Gasteiger partial charge is 0.261 e. The zero-order valence-corrected chi connectivity index (χ0v) is 13.1. The molecule has 0 unspecified atom stereocenters. The molecule has 4 rings (SSSR count). The quantitative estimate of drug-likeness (QED) is 0.792. The molecule has 1 saturated heterocycles. The van der Waals surface area contributed by atoms with E-state index in [1.165, 1.54) is 19.5 Å². The van der Waals surface area contributed by atoms with Crippen LogP contribution in [0.2, 0.25) is 0 Å². The van der Waals surface area contributed by atoms with Crippen LogP contribution in [0.4, 0.5) is 0 Å². The molecule has 0 spiro atoms. The molecule has 0 radical (unpaired) electrons. The lowest BCUT2D eigenvalue weighted by atomic mass is 10.2. The van der Waals surface area contributed by atoms with Crippen LogP contribution in [0.1, 0.15) is 22.5 Å². The predicted molar refractivity (Wildman–Crippen MR) is 88.5 cm³/mol. The lowest BCUT2D eigenvalue weighted by Gasteiger charge is -2.09. The summed E-state index contributed by atoms with van der Waals surface area (Å²) >= 11 is 3.33. The monoisotopic (exact) mass is 317 g/mol. The van der Waals surface area contributed by atoms with Crippen LogP contribution in [0.25, 0.3) is 19.5 Å². The second-order valence-corrected chi connectivity index (χ2v) is 7.38. The van der Waals surface area contributed by atoms with Gasteiger partial charge < -0.3 is 10.1 Å². The van der Waals surface area contributed by atoms with Crippen molar-refractivity contribution in [1.29, 1.82) is 0 Å². The van der Waals surface area contributed by atoms with Crippen molar-refractivity contribution in [2.45, 2.75) is 18.9 Å². The van der Waals surface area contributed by atoms with Gasteiger partial charge in [-0.3, -0.25) is 4.79 Å². The van der Waals surface area contributed by atoms with Crippen LogP contribution in [0.15, 0.2) is 30.3 Å². The molecule has 1 fully saturated rings. The summed E-state index contributed by atoms with van der Waals surface area (Å²) in [4.78, 5) is 13.0. The molecule has 3 nitrogen and oxygen atoms in total. The number of benzene rings is 1. The van der Waals surface area contributed by atoms with Crippen molar-refractivity contribution in [3.63, 3.8) is 0 Å². The highest BCUT2D eigenvalue weighted by Gasteiger charge is 2.18. The third kappa shape index (κ3) is 2.46. The van der Waals surface area contributed by atoms with Gasteiger partial charge >= 0.3 is 0 Å². The topological polar surface area (TPSA) is 38.3 Å². The number of thiophene rings is 2. The van der Waals surface area contributed by atoms with Crippen LogP contribution in [-0.2, 0) is 4.74 Å². The maximum atomic E-state index is 12.3. The minimum Gasteiger partial charge on any atom is -0.376 e. The number of carbonyl (C=O) groups excluding carboxylic acids is 1. The van der Waals surface area contributed by atoms with Gasteiger partial charge in [-0.1, -0.05) is 18.2 Å². The first-order valence-electron chi connectivity index (χ1n) is 7.12. The number of hydrogen-bond acceptors (Lipinski definition) is 4. The molecule has 21 heavy (non-hydrogen) atoms. The third-order valence-electron chi connectivity index (χ3n) is 3.79. The van der Waals surface area contributed by atoms with Crippen LogP contribution in [0.3, 0.4) is 0 Å². The van der Waals surface area contributed by atoms with Crippen LogP contribution in [0, 0.1) is 0 Å². The Morgan fingerprint density at radius 1 is 1.29 bits per heavy atom. The van der Waals surface area contributed by atoms with E-state index in [0.29, 0.717) is 6.54 Å². The average Bonchev–Trinajstić information content (AvgIpc) is 3.20. The maximum absolute atomic E-state index is 12.3. The zero-order valence-electron chi connectivity index (χ0n) is 11.4. The number of fused-ring (bicyclic) bond motifs is 3. The number of carbonyl (C=O) groups is 1. The summed E-state index contributed by atoms with van der Waals surface area (Å²) in [6.07, 6.45) is 2.34. The molecule has 0 aliphatic carbocycles. The molecular formula is C16H15NO2S2. The number of ether oxygens (including phenoxy) is 1. The summed E-state index contributed by atoms with van der Waals surface area (Å²) in [6.45, 7) is 1.44. The van der Waals surface area contributed by atoms with E-state index in [4.69, 9.17) is 4.74 Å². The highest BCUT2D eigenvalue weighted by Crippen LogP contribution is 2.39. The Labute approximate surface area is 130 Å². The first-order valence-corrected chi connectivity index (χ1v) is 8.75. The van der Waals surface area contributed by atoms with Gasteiger partial charge in [-0.15, -0.1) is 22.7 Å². The van der Waals surface area contributed by atoms with E-state index in [-0.39, 0.29) is 12.0 Å². The highest BCUT2D eigenvalue weighted by molar-refractivity contribution is 7.33. The van der Waals surface area contributed by atoms with Gasteiger partial charge in [0.2, 0.25) is 0 Å². The van der Waals surface area contributed by atoms with E-state index in [1.807, 2.05) is 12.1 Å². The van der Waals surface area contributed by atoms with Crippen LogP contribution >= 0.6 is 22.7 Å². The van der Waals surface area contributed by atoms with E-state index in [1.54, 1.807) is 22.7 Å². The normalized spacial score (nSPS) is 18.6. The SMILES string of the molecule is O=C(NC[C@@H]1CCCO1)c1cc2sc3ccccc3c2s1. The summed E-state index contributed by atoms with van der Waals surface area (Å²) in [5, 5.41) is 4.24. The fraction of sp³-hybridized carbons (Fsp3) is 0.312. The number of amides is 1. The minimum absolute atomic E-state index is 0.0166. The van der Waals surface area contributed by atoms with Gasteiger partial charge in [0.05, 0.1) is 15.7 Å². The third-order valence-corrected chi connectivity index (χ3v) is 6.20. The molecule has 5 heteroatoms. The van der Waals surface area contributed by atoms with Gasteiger partial charge in [-0.25, -0.2) is 0 Å². The van der Waals surface area contributed by atoms with E-state index >= 15 is 0 Å². The Balaban J connectivity index is 1.56. The molecular weight excluding hydrogens is 302 g/mol. The van der Waals surface area contributed by atoms with E-state index in [2.05, 4.69) is 23.5 Å². The number of rotatable bonds is 3. The van der Waals surface area contributed by atoms with Gasteiger partial charge in [0.1, 0.15) is 0 Å². The maximum Gasteiger partial charge on any atom is 0.261 e. The van der Waals surface area contributed by atoms with Crippen LogP contribution in [-0.4, -0.2) is 25.2 Å². The zero-order chi connectivity index (χ0) is 14.2. The first kappa shape index (κ1) is 13.2. The molecule has 2 aromatic heterocycles. The van der Waals surface area contributed by atoms with Crippen molar-refractivity contribution < 1.29 is 9.53 Å². The fourth-order valence-electron chi connectivity index (χ4n) is 2.71. The Morgan fingerprint density at radius 2 is 2.19 bits per heavy atom. The molecule has 3 heterocycles. The van der Waals surface area contributed by atoms with Gasteiger partial charge in [-0.2, -0.15) is 0 Å². The van der Waals surface area contributed by atoms with Crippen LogP contribution < -0.4 is 5.32 Å². The van der Waals surface area contributed by atoms with Crippen molar-refractivity contribution in [2.24, 2.45) is 0 Å². The van der Waals surface area contributed by atoms with Crippen molar-refractivity contribution in [3.05, 3.63) is 35.2 Å². The van der Waals surface area contributed by atoms with E-state index in [9.17, 15) is 4.79 Å². The molecule has 0 saturated carbocycles. The number of nitrogens with one attached hydrogen (secondary N) is 1. The van der Waals surface area contributed by atoms with E-state index in [0.717, 1.165) is 24.3 Å². The molecule has 1 aliphatic heterocycles. The second-order valence-electron chi connectivity index (χ2n) is 5.25. The Kier molecular flexibility index (Phi) is 3.41. The fourth-order valence-corrected chi connectivity index (χ4v) is 5.15. The van der Waals surface area contributed by atoms with Crippen molar-refractivity contribution in [2.75, 3.05) is 13.2 Å². The highest BCUT2D eigenvalue weighted by atomic mass is 32.1. The Morgan fingerprint density at radius 3 is 3.05 bits per heavy atom. The van der Waals surface area contributed by atoms with Crippen molar-refractivity contribution in [3.8, 4) is 0 Å². The van der Waals surface area contributed by atoms with Crippen molar-refractivity contribution in [1.82, 2.24) is 5.32 Å².